The van der Waals surface area contributed by atoms with Gasteiger partial charge in [-0.05, 0) is 24.3 Å². The SMILES string of the molecule is CC(=O)Nc1ccc(S(=O)(=O)NCc2nccs2)cc1. The summed E-state index contributed by atoms with van der Waals surface area (Å²) < 4.78 is 26.5. The van der Waals surface area contributed by atoms with Gasteiger partial charge in [0.25, 0.3) is 0 Å². The van der Waals surface area contributed by atoms with E-state index >= 15 is 0 Å². The molecule has 2 N–H and O–H groups in total. The van der Waals surface area contributed by atoms with Gasteiger partial charge in [0, 0.05) is 24.2 Å². The van der Waals surface area contributed by atoms with E-state index in [0.29, 0.717) is 10.7 Å². The van der Waals surface area contributed by atoms with E-state index in [-0.39, 0.29) is 17.3 Å². The van der Waals surface area contributed by atoms with Gasteiger partial charge in [-0.15, -0.1) is 11.3 Å². The van der Waals surface area contributed by atoms with E-state index in [1.807, 2.05) is 0 Å². The fourth-order valence-corrected chi connectivity index (χ4v) is 3.14. The minimum Gasteiger partial charge on any atom is -0.326 e. The van der Waals surface area contributed by atoms with Crippen LogP contribution in [0.15, 0.2) is 40.7 Å². The van der Waals surface area contributed by atoms with E-state index in [0.717, 1.165) is 0 Å². The first-order chi connectivity index (χ1) is 9.47. The first-order valence-electron chi connectivity index (χ1n) is 5.73. The Morgan fingerprint density at radius 2 is 2.00 bits per heavy atom. The number of nitrogens with one attached hydrogen (secondary N) is 2. The summed E-state index contributed by atoms with van der Waals surface area (Å²) in [4.78, 5) is 15.0. The molecule has 0 radical (unpaired) electrons. The monoisotopic (exact) mass is 311 g/mol. The summed E-state index contributed by atoms with van der Waals surface area (Å²) in [6.45, 7) is 1.55. The number of amides is 1. The standard InChI is InChI=1S/C12H13N3O3S2/c1-9(16)15-10-2-4-11(5-3-10)20(17,18)14-8-12-13-6-7-19-12/h2-7,14H,8H2,1H3,(H,15,16). The summed E-state index contributed by atoms with van der Waals surface area (Å²) in [5, 5.41) is 5.06. The van der Waals surface area contributed by atoms with Gasteiger partial charge >= 0.3 is 0 Å². The normalized spacial score (nSPS) is 11.2. The van der Waals surface area contributed by atoms with Crippen LogP contribution in [-0.4, -0.2) is 19.3 Å². The smallest absolute Gasteiger partial charge is 0.240 e. The third-order valence-electron chi connectivity index (χ3n) is 2.38. The number of carbonyl (C=O) groups excluding carboxylic acids is 1. The summed E-state index contributed by atoms with van der Waals surface area (Å²) in [7, 11) is -3.58. The lowest BCUT2D eigenvalue weighted by Gasteiger charge is -2.07. The molecule has 0 saturated carbocycles. The average Bonchev–Trinajstić information content (AvgIpc) is 2.89. The van der Waals surface area contributed by atoms with Crippen LogP contribution in [0.2, 0.25) is 0 Å². The molecule has 0 aliphatic heterocycles. The van der Waals surface area contributed by atoms with Crippen LogP contribution in [0.4, 0.5) is 5.69 Å². The summed E-state index contributed by atoms with van der Waals surface area (Å²) in [5.74, 6) is -0.206. The number of anilines is 1. The fourth-order valence-electron chi connectivity index (χ4n) is 1.50. The lowest BCUT2D eigenvalue weighted by atomic mass is 10.3. The number of benzene rings is 1. The van der Waals surface area contributed by atoms with Crippen molar-refractivity contribution < 1.29 is 13.2 Å². The van der Waals surface area contributed by atoms with Crippen LogP contribution in [0.1, 0.15) is 11.9 Å². The highest BCUT2D eigenvalue weighted by atomic mass is 32.2. The summed E-state index contributed by atoms with van der Waals surface area (Å²) >= 11 is 1.38. The molecule has 8 heteroatoms. The Balaban J connectivity index is 2.07. The lowest BCUT2D eigenvalue weighted by molar-refractivity contribution is -0.114. The van der Waals surface area contributed by atoms with E-state index < -0.39 is 10.0 Å². The predicted molar refractivity (Wildman–Crippen MR) is 76.9 cm³/mol. The van der Waals surface area contributed by atoms with E-state index in [2.05, 4.69) is 15.0 Å². The van der Waals surface area contributed by atoms with Crippen molar-refractivity contribution in [2.75, 3.05) is 5.32 Å². The van der Waals surface area contributed by atoms with Gasteiger partial charge in [-0.25, -0.2) is 18.1 Å². The van der Waals surface area contributed by atoms with Crippen molar-refractivity contribution in [3.05, 3.63) is 40.8 Å². The van der Waals surface area contributed by atoms with Crippen LogP contribution in [0.3, 0.4) is 0 Å². The third kappa shape index (κ3) is 3.86. The second kappa shape index (κ2) is 6.12. The maximum atomic E-state index is 12.0. The van der Waals surface area contributed by atoms with Gasteiger partial charge < -0.3 is 5.32 Å². The number of sulfonamides is 1. The van der Waals surface area contributed by atoms with Gasteiger partial charge in [-0.1, -0.05) is 0 Å². The number of nitrogens with zero attached hydrogens (tertiary/aromatic N) is 1. The molecule has 0 aliphatic rings. The molecule has 1 aromatic carbocycles. The Kier molecular flexibility index (Phi) is 4.48. The van der Waals surface area contributed by atoms with Crippen LogP contribution in [0.5, 0.6) is 0 Å². The van der Waals surface area contributed by atoms with Gasteiger partial charge in [-0.3, -0.25) is 4.79 Å². The number of aromatic nitrogens is 1. The summed E-state index contributed by atoms with van der Waals surface area (Å²) in [6.07, 6.45) is 1.62. The number of carbonyl (C=O) groups is 1. The van der Waals surface area contributed by atoms with Gasteiger partial charge in [0.2, 0.25) is 15.9 Å². The molecule has 0 aliphatic carbocycles. The molecule has 0 unspecified atom stereocenters. The Labute approximate surface area is 120 Å². The second-order valence-electron chi connectivity index (χ2n) is 3.96. The van der Waals surface area contributed by atoms with E-state index in [9.17, 15) is 13.2 Å². The zero-order valence-corrected chi connectivity index (χ0v) is 12.3. The van der Waals surface area contributed by atoms with Crippen molar-refractivity contribution in [2.24, 2.45) is 0 Å². The zero-order valence-electron chi connectivity index (χ0n) is 10.7. The molecule has 1 amide bonds. The molecule has 0 bridgehead atoms. The minimum absolute atomic E-state index is 0.142. The van der Waals surface area contributed by atoms with E-state index in [1.165, 1.54) is 30.4 Å². The Hall–Kier alpha value is -1.77. The Morgan fingerprint density at radius 1 is 1.30 bits per heavy atom. The number of thiazole rings is 1. The molecular formula is C12H13N3O3S2. The molecule has 0 spiro atoms. The highest BCUT2D eigenvalue weighted by Gasteiger charge is 2.14. The van der Waals surface area contributed by atoms with Gasteiger partial charge in [-0.2, -0.15) is 0 Å². The second-order valence-corrected chi connectivity index (χ2v) is 6.70. The molecule has 0 saturated heterocycles. The molecule has 0 fully saturated rings. The van der Waals surface area contributed by atoms with Crippen LogP contribution in [0.25, 0.3) is 0 Å². The highest BCUT2D eigenvalue weighted by Crippen LogP contribution is 2.14. The first kappa shape index (κ1) is 14.6. The Bertz CT molecular complexity index is 679. The van der Waals surface area contributed by atoms with Crippen molar-refractivity contribution in [3.63, 3.8) is 0 Å². The van der Waals surface area contributed by atoms with Crippen molar-refractivity contribution in [1.29, 1.82) is 0 Å². The van der Waals surface area contributed by atoms with Crippen molar-refractivity contribution in [3.8, 4) is 0 Å². The molecule has 2 rings (SSSR count). The van der Waals surface area contributed by atoms with Crippen LogP contribution in [0, 0.1) is 0 Å². The summed E-state index contributed by atoms with van der Waals surface area (Å²) in [6, 6.07) is 5.96. The van der Waals surface area contributed by atoms with Crippen LogP contribution in [-0.2, 0) is 21.4 Å². The van der Waals surface area contributed by atoms with Crippen LogP contribution < -0.4 is 10.0 Å². The van der Waals surface area contributed by atoms with Crippen molar-refractivity contribution in [2.45, 2.75) is 18.4 Å². The topological polar surface area (TPSA) is 88.2 Å². The van der Waals surface area contributed by atoms with Gasteiger partial charge in [0.1, 0.15) is 5.01 Å². The zero-order chi connectivity index (χ0) is 14.6. The van der Waals surface area contributed by atoms with E-state index in [1.54, 1.807) is 23.7 Å². The number of hydrogen-bond donors (Lipinski definition) is 2. The maximum Gasteiger partial charge on any atom is 0.240 e. The minimum atomic E-state index is -3.58. The van der Waals surface area contributed by atoms with Gasteiger partial charge in [0.15, 0.2) is 0 Å². The maximum absolute atomic E-state index is 12.0. The first-order valence-corrected chi connectivity index (χ1v) is 8.09. The molecule has 2 aromatic rings. The largest absolute Gasteiger partial charge is 0.326 e. The Morgan fingerprint density at radius 3 is 2.55 bits per heavy atom. The molecule has 6 nitrogen and oxygen atoms in total. The molecule has 106 valence electrons. The highest BCUT2D eigenvalue weighted by molar-refractivity contribution is 7.89. The molecule has 20 heavy (non-hydrogen) atoms. The molecule has 1 heterocycles. The quantitative estimate of drug-likeness (QED) is 0.877. The van der Waals surface area contributed by atoms with Gasteiger partial charge in [0.05, 0.1) is 11.4 Å². The average molecular weight is 311 g/mol. The lowest BCUT2D eigenvalue weighted by Crippen LogP contribution is -2.23. The molecule has 0 atom stereocenters. The van der Waals surface area contributed by atoms with Crippen LogP contribution >= 0.6 is 11.3 Å². The van der Waals surface area contributed by atoms with Crippen molar-refractivity contribution in [1.82, 2.24) is 9.71 Å². The predicted octanol–water partition coefficient (Wildman–Crippen LogP) is 1.58. The molecular weight excluding hydrogens is 298 g/mol. The number of hydrogen-bond acceptors (Lipinski definition) is 5. The van der Waals surface area contributed by atoms with Crippen molar-refractivity contribution >= 4 is 33.0 Å². The third-order valence-corrected chi connectivity index (χ3v) is 4.58. The van der Waals surface area contributed by atoms with E-state index in [4.69, 9.17) is 0 Å². The molecule has 1 aromatic heterocycles. The number of rotatable bonds is 5. The summed E-state index contributed by atoms with van der Waals surface area (Å²) in [5.41, 5.74) is 0.552. The fraction of sp³-hybridized carbons (Fsp3) is 0.167.